The molecule has 0 fully saturated rings. The van der Waals surface area contributed by atoms with Gasteiger partial charge in [0.25, 0.3) is 0 Å². The lowest BCUT2D eigenvalue weighted by molar-refractivity contribution is -0.382. The zero-order chi connectivity index (χ0) is 18.1. The van der Waals surface area contributed by atoms with E-state index in [1.165, 1.54) is 0 Å². The Kier molecular flexibility index (Phi) is 5.97. The fourth-order valence-corrected chi connectivity index (χ4v) is 0.975. The first kappa shape index (κ1) is 21.8. The molecule has 0 aromatic rings. The topological polar surface area (TPSA) is 130 Å². The maximum Gasteiger partial charge on any atom is 0.460 e. The van der Waals surface area contributed by atoms with Crippen LogP contribution in [0.4, 0.5) is 39.5 Å². The van der Waals surface area contributed by atoms with Crippen LogP contribution in [0.1, 0.15) is 0 Å². The van der Waals surface area contributed by atoms with Gasteiger partial charge >= 0.3 is 33.4 Å². The summed E-state index contributed by atoms with van der Waals surface area (Å²) in [6.45, 7) is 0. The molecule has 0 atom stereocenters. The van der Waals surface area contributed by atoms with E-state index in [1.807, 2.05) is 0 Å². The highest BCUT2D eigenvalue weighted by Crippen LogP contribution is 2.54. The van der Waals surface area contributed by atoms with Crippen LogP contribution in [0.15, 0.2) is 0 Å². The van der Waals surface area contributed by atoms with E-state index in [4.69, 9.17) is 9.96 Å². The smallest absolute Gasteiger partial charge is 0.370 e. The molecule has 0 aliphatic rings. The Morgan fingerprint density at radius 1 is 0.857 bits per heavy atom. The number of rotatable bonds is 3. The van der Waals surface area contributed by atoms with Crippen molar-refractivity contribution in [2.45, 2.75) is 23.3 Å². The lowest BCUT2D eigenvalue weighted by Crippen LogP contribution is -2.63. The molecule has 6 nitrogen and oxygen atoms in total. The lowest BCUT2D eigenvalue weighted by atomic mass is 10.1. The van der Waals surface area contributed by atoms with Gasteiger partial charge in [-0.1, -0.05) is 0 Å². The summed E-state index contributed by atoms with van der Waals surface area (Å²) < 4.78 is 134. The van der Waals surface area contributed by atoms with Crippen LogP contribution in [-0.2, 0) is 10.1 Å². The minimum atomic E-state index is -7.37. The molecular weight excluding hydrogens is 353 g/mol. The molecule has 0 aromatic heterocycles. The Labute approximate surface area is 110 Å². The molecule has 128 valence electrons. The third-order valence-electron chi connectivity index (χ3n) is 1.44. The maximum atomic E-state index is 12.2. The standard InChI is InChI=1S/C4HF9O3S.CH5N3/c5-1(6,3(9,10)11)2(7,8)4(12,13)17(14,15)16;2-1(3)4/h(H,14,15,16);(H5,2,3,4). The van der Waals surface area contributed by atoms with Crippen molar-refractivity contribution >= 4 is 16.1 Å². The third kappa shape index (κ3) is 4.26. The molecule has 0 aromatic carbocycles. The van der Waals surface area contributed by atoms with Crippen molar-refractivity contribution in [1.29, 1.82) is 5.41 Å². The monoisotopic (exact) mass is 359 g/mol. The van der Waals surface area contributed by atoms with Gasteiger partial charge in [-0.05, 0) is 0 Å². The molecule has 21 heavy (non-hydrogen) atoms. The number of nitrogens with one attached hydrogen (secondary N) is 1. The van der Waals surface area contributed by atoms with Gasteiger partial charge in [0.05, 0.1) is 0 Å². The van der Waals surface area contributed by atoms with Gasteiger partial charge in [0.2, 0.25) is 0 Å². The number of guanidine groups is 1. The summed E-state index contributed by atoms with van der Waals surface area (Å²) in [4.78, 5) is 0. The fraction of sp³-hybridized carbons (Fsp3) is 0.800. The fourth-order valence-electron chi connectivity index (χ4n) is 0.523. The molecule has 0 bridgehead atoms. The molecule has 0 spiro atoms. The van der Waals surface area contributed by atoms with Gasteiger partial charge in [0, 0.05) is 0 Å². The van der Waals surface area contributed by atoms with Crippen molar-refractivity contribution in [3.8, 4) is 0 Å². The Bertz CT molecular complexity index is 481. The van der Waals surface area contributed by atoms with Crippen molar-refractivity contribution in [2.75, 3.05) is 0 Å². The molecule has 16 heteroatoms. The predicted molar refractivity (Wildman–Crippen MR) is 48.5 cm³/mol. The van der Waals surface area contributed by atoms with Crippen molar-refractivity contribution in [3.63, 3.8) is 0 Å². The molecule has 0 unspecified atom stereocenters. The molecular formula is C5H6F9N3O3S. The van der Waals surface area contributed by atoms with Gasteiger partial charge in [-0.15, -0.1) is 0 Å². The van der Waals surface area contributed by atoms with Crippen molar-refractivity contribution in [2.24, 2.45) is 11.5 Å². The van der Waals surface area contributed by atoms with Crippen LogP contribution in [0.2, 0.25) is 0 Å². The average molecular weight is 359 g/mol. The quantitative estimate of drug-likeness (QED) is 0.260. The highest BCUT2D eigenvalue weighted by molar-refractivity contribution is 7.87. The highest BCUT2D eigenvalue weighted by atomic mass is 32.2. The summed E-state index contributed by atoms with van der Waals surface area (Å²) in [5.41, 5.74) is 8.94. The van der Waals surface area contributed by atoms with E-state index in [9.17, 15) is 47.9 Å². The van der Waals surface area contributed by atoms with Crippen molar-refractivity contribution in [1.82, 2.24) is 0 Å². The van der Waals surface area contributed by atoms with Gasteiger partial charge in [-0.3, -0.25) is 9.96 Å². The van der Waals surface area contributed by atoms with Crippen LogP contribution in [0, 0.1) is 5.41 Å². The van der Waals surface area contributed by atoms with Crippen LogP contribution < -0.4 is 11.5 Å². The van der Waals surface area contributed by atoms with Gasteiger partial charge in [0.15, 0.2) is 5.96 Å². The van der Waals surface area contributed by atoms with E-state index in [2.05, 4.69) is 11.5 Å². The Balaban J connectivity index is 0. The number of halogens is 9. The second-order valence-electron chi connectivity index (χ2n) is 3.09. The lowest BCUT2D eigenvalue weighted by Gasteiger charge is -2.31. The van der Waals surface area contributed by atoms with Gasteiger partial charge in [-0.25, -0.2) is 0 Å². The number of alkyl halides is 9. The van der Waals surface area contributed by atoms with Crippen LogP contribution in [0.5, 0.6) is 0 Å². The third-order valence-corrected chi connectivity index (χ3v) is 2.34. The molecule has 0 saturated heterocycles. The zero-order valence-corrected chi connectivity index (χ0v) is 10.0. The largest absolute Gasteiger partial charge is 0.460 e. The normalized spacial score (nSPS) is 14.2. The van der Waals surface area contributed by atoms with E-state index in [1.54, 1.807) is 0 Å². The van der Waals surface area contributed by atoms with Crippen LogP contribution in [-0.4, -0.2) is 42.2 Å². The van der Waals surface area contributed by atoms with Crippen LogP contribution in [0.25, 0.3) is 0 Å². The number of hydrogen-bond acceptors (Lipinski definition) is 3. The van der Waals surface area contributed by atoms with E-state index in [0.717, 1.165) is 0 Å². The first-order valence-electron chi connectivity index (χ1n) is 4.00. The van der Waals surface area contributed by atoms with E-state index in [-0.39, 0.29) is 5.96 Å². The predicted octanol–water partition coefficient (Wildman–Crippen LogP) is 1.14. The molecule has 0 rings (SSSR count). The maximum absolute atomic E-state index is 12.2. The summed E-state index contributed by atoms with van der Waals surface area (Å²) in [5.74, 6) is -15.1. The van der Waals surface area contributed by atoms with Crippen LogP contribution in [0.3, 0.4) is 0 Å². The Morgan fingerprint density at radius 2 is 1.10 bits per heavy atom. The van der Waals surface area contributed by atoms with Gasteiger partial charge < -0.3 is 11.5 Å². The number of hydrogen-bond donors (Lipinski definition) is 4. The van der Waals surface area contributed by atoms with E-state index >= 15 is 0 Å². The average Bonchev–Trinajstić information content (AvgIpc) is 2.12. The second-order valence-corrected chi connectivity index (χ2v) is 4.56. The summed E-state index contributed by atoms with van der Waals surface area (Å²) >= 11 is 0. The minimum absolute atomic E-state index is 0.333. The minimum Gasteiger partial charge on any atom is -0.370 e. The zero-order valence-electron chi connectivity index (χ0n) is 9.23. The Morgan fingerprint density at radius 3 is 1.24 bits per heavy atom. The first-order chi connectivity index (χ1) is 8.73. The summed E-state index contributed by atoms with van der Waals surface area (Å²) in [5, 5.41) is -0.945. The van der Waals surface area contributed by atoms with Crippen molar-refractivity contribution in [3.05, 3.63) is 0 Å². The summed E-state index contributed by atoms with van der Waals surface area (Å²) in [7, 11) is -7.17. The second kappa shape index (κ2) is 5.74. The first-order valence-corrected chi connectivity index (χ1v) is 5.44. The molecule has 6 N–H and O–H groups in total. The van der Waals surface area contributed by atoms with E-state index in [0.29, 0.717) is 0 Å². The Hall–Kier alpha value is -1.45. The molecule has 0 amide bonds. The summed E-state index contributed by atoms with van der Waals surface area (Å²) in [6.07, 6.45) is -7.13. The summed E-state index contributed by atoms with van der Waals surface area (Å²) in [6, 6.07) is 0. The van der Waals surface area contributed by atoms with Gasteiger partial charge in [0.1, 0.15) is 0 Å². The van der Waals surface area contributed by atoms with E-state index < -0.39 is 33.4 Å². The molecule has 0 saturated carbocycles. The number of nitrogens with two attached hydrogens (primary N) is 2. The SMILES string of the molecule is N=C(N)N.O=S(=O)(O)C(F)(F)C(F)(F)C(F)(F)C(F)(F)F. The molecule has 0 heterocycles. The van der Waals surface area contributed by atoms with Crippen LogP contribution >= 0.6 is 0 Å². The highest BCUT2D eigenvalue weighted by Gasteiger charge is 2.85. The van der Waals surface area contributed by atoms with Crippen molar-refractivity contribution < 1.29 is 52.5 Å². The molecule has 0 aliphatic carbocycles. The van der Waals surface area contributed by atoms with Gasteiger partial charge in [-0.2, -0.15) is 47.9 Å². The molecule has 0 aliphatic heterocycles. The molecule has 0 radical (unpaired) electrons.